The number of nitriles is 1. The summed E-state index contributed by atoms with van der Waals surface area (Å²) in [5, 5.41) is 21.0. The SMILES string of the molecule is N#C[C@H]1[C@H](O)[C@@H](CO[Si](Cc2ccccc2)(Cc2ccccc2)Cc2ccccc2)O[C@H]1n1ccc(N)nc1=O. The van der Waals surface area contributed by atoms with Gasteiger partial charge in [-0.25, -0.2) is 4.79 Å². The number of nitrogens with zero attached hydrogens (tertiary/aromatic N) is 3. The Morgan fingerprint density at radius 1 is 0.900 bits per heavy atom. The van der Waals surface area contributed by atoms with Crippen molar-refractivity contribution in [2.45, 2.75) is 36.6 Å². The number of hydrogen-bond donors (Lipinski definition) is 2. The molecule has 4 aromatic rings. The molecule has 204 valence electrons. The maximum absolute atomic E-state index is 12.5. The van der Waals surface area contributed by atoms with Crippen molar-refractivity contribution in [2.75, 3.05) is 12.3 Å². The highest BCUT2D eigenvalue weighted by molar-refractivity contribution is 6.72. The maximum atomic E-state index is 12.5. The van der Waals surface area contributed by atoms with Gasteiger partial charge in [-0.1, -0.05) is 91.0 Å². The van der Waals surface area contributed by atoms with Gasteiger partial charge in [0.15, 0.2) is 6.23 Å². The van der Waals surface area contributed by atoms with Crippen LogP contribution in [0.15, 0.2) is 108 Å². The molecule has 1 aliphatic rings. The smallest absolute Gasteiger partial charge is 0.351 e. The van der Waals surface area contributed by atoms with Crippen LogP contribution in [-0.2, 0) is 27.3 Å². The van der Waals surface area contributed by atoms with E-state index >= 15 is 0 Å². The van der Waals surface area contributed by atoms with Crippen molar-refractivity contribution >= 4 is 14.1 Å². The number of ether oxygens (including phenoxy) is 1. The predicted octanol–water partition coefficient (Wildman–Crippen LogP) is 3.53. The first kappa shape index (κ1) is 27.5. The van der Waals surface area contributed by atoms with Crippen molar-refractivity contribution in [3.8, 4) is 6.07 Å². The summed E-state index contributed by atoms with van der Waals surface area (Å²) in [5.41, 5.74) is 8.54. The molecule has 1 saturated heterocycles. The van der Waals surface area contributed by atoms with Gasteiger partial charge in [-0.3, -0.25) is 4.57 Å². The Hall–Kier alpha value is -4.07. The highest BCUT2D eigenvalue weighted by Gasteiger charge is 2.47. The molecule has 40 heavy (non-hydrogen) atoms. The van der Waals surface area contributed by atoms with E-state index < -0.39 is 38.4 Å². The van der Waals surface area contributed by atoms with Crippen LogP contribution in [0.2, 0.25) is 0 Å². The van der Waals surface area contributed by atoms with Crippen LogP contribution >= 0.6 is 0 Å². The number of aliphatic hydroxyl groups is 1. The number of nitrogens with two attached hydrogens (primary N) is 1. The largest absolute Gasteiger partial charge is 0.413 e. The molecule has 0 saturated carbocycles. The van der Waals surface area contributed by atoms with Gasteiger partial charge in [-0.15, -0.1) is 0 Å². The molecule has 1 aromatic heterocycles. The molecule has 3 N–H and O–H groups in total. The van der Waals surface area contributed by atoms with Crippen LogP contribution < -0.4 is 11.4 Å². The van der Waals surface area contributed by atoms with Crippen molar-refractivity contribution < 1.29 is 14.3 Å². The Bertz CT molecular complexity index is 1390. The van der Waals surface area contributed by atoms with E-state index in [4.69, 9.17) is 14.9 Å². The van der Waals surface area contributed by atoms with Gasteiger partial charge < -0.3 is 20.0 Å². The van der Waals surface area contributed by atoms with E-state index in [2.05, 4.69) is 47.5 Å². The van der Waals surface area contributed by atoms with E-state index in [0.29, 0.717) is 0 Å². The highest BCUT2D eigenvalue weighted by atomic mass is 28.4. The topological polar surface area (TPSA) is 123 Å². The van der Waals surface area contributed by atoms with Crippen LogP contribution in [0.4, 0.5) is 5.82 Å². The Labute approximate surface area is 234 Å². The first-order valence-electron chi connectivity index (χ1n) is 13.3. The molecule has 5 rings (SSSR count). The first-order chi connectivity index (χ1) is 19.5. The number of aliphatic hydroxyl groups excluding tert-OH is 1. The lowest BCUT2D eigenvalue weighted by molar-refractivity contribution is -0.0443. The second-order valence-corrected chi connectivity index (χ2v) is 13.9. The quantitative estimate of drug-likeness (QED) is 0.289. The molecule has 8 nitrogen and oxygen atoms in total. The maximum Gasteiger partial charge on any atom is 0.351 e. The van der Waals surface area contributed by atoms with Crippen LogP contribution in [0.3, 0.4) is 0 Å². The Morgan fingerprint density at radius 3 is 1.85 bits per heavy atom. The van der Waals surface area contributed by atoms with Crippen LogP contribution in [0.5, 0.6) is 0 Å². The van der Waals surface area contributed by atoms with Crippen LogP contribution in [-0.4, -0.2) is 41.8 Å². The van der Waals surface area contributed by atoms with Gasteiger partial charge in [0, 0.05) is 6.20 Å². The number of aromatic nitrogens is 2. The summed E-state index contributed by atoms with van der Waals surface area (Å²) in [6.45, 7) is 0.0890. The van der Waals surface area contributed by atoms with E-state index in [-0.39, 0.29) is 12.4 Å². The van der Waals surface area contributed by atoms with Crippen molar-refractivity contribution in [1.82, 2.24) is 9.55 Å². The average Bonchev–Trinajstić information content (AvgIpc) is 3.28. The molecule has 3 aromatic carbocycles. The van der Waals surface area contributed by atoms with E-state index in [1.54, 1.807) is 0 Å². The summed E-state index contributed by atoms with van der Waals surface area (Å²) in [6.07, 6.45) is -1.50. The minimum Gasteiger partial charge on any atom is -0.413 e. The third kappa shape index (κ3) is 6.38. The summed E-state index contributed by atoms with van der Waals surface area (Å²) in [6, 6.07) is 36.7. The van der Waals surface area contributed by atoms with E-state index in [0.717, 1.165) is 18.1 Å². The van der Waals surface area contributed by atoms with Gasteiger partial charge in [0.1, 0.15) is 23.9 Å². The molecule has 0 radical (unpaired) electrons. The zero-order valence-corrected chi connectivity index (χ0v) is 23.0. The standard InChI is InChI=1S/C31H32N4O4Si/c32-18-26-29(36)27(39-30(26)35-17-16-28(33)34-31(35)37)19-38-40(20-23-10-4-1-5-11-23,21-24-12-6-2-7-13-24)22-25-14-8-3-9-15-25/h1-17,26-27,29-30,36H,19-22H2,(H2,33,34,37)/t26-,27+,29-,30+/m0/s1. The second-order valence-electron chi connectivity index (χ2n) is 10.2. The van der Waals surface area contributed by atoms with Gasteiger partial charge >= 0.3 is 5.69 Å². The lowest BCUT2D eigenvalue weighted by Gasteiger charge is -2.34. The Kier molecular flexibility index (Phi) is 8.53. The van der Waals surface area contributed by atoms with Crippen molar-refractivity contribution in [1.29, 1.82) is 5.26 Å². The fourth-order valence-corrected chi connectivity index (χ4v) is 9.52. The lowest BCUT2D eigenvalue weighted by atomic mass is 10.0. The number of hydrogen-bond acceptors (Lipinski definition) is 7. The number of rotatable bonds is 10. The fourth-order valence-electron chi connectivity index (χ4n) is 5.38. The van der Waals surface area contributed by atoms with Crippen LogP contribution in [0.25, 0.3) is 0 Å². The van der Waals surface area contributed by atoms with E-state index in [1.165, 1.54) is 33.5 Å². The van der Waals surface area contributed by atoms with E-state index in [9.17, 15) is 15.2 Å². The predicted molar refractivity (Wildman–Crippen MR) is 154 cm³/mol. The molecule has 0 aliphatic carbocycles. The van der Waals surface area contributed by atoms with E-state index in [1.807, 2.05) is 54.6 Å². The van der Waals surface area contributed by atoms with Gasteiger partial charge in [-0.05, 0) is 40.9 Å². The molecule has 1 fully saturated rings. The minimum atomic E-state index is -2.64. The van der Waals surface area contributed by atoms with Gasteiger partial charge in [0.25, 0.3) is 0 Å². The van der Waals surface area contributed by atoms with Crippen molar-refractivity contribution in [3.05, 3.63) is 130 Å². The van der Waals surface area contributed by atoms with Crippen LogP contribution in [0.1, 0.15) is 22.9 Å². The van der Waals surface area contributed by atoms with Gasteiger partial charge in [0.2, 0.25) is 8.32 Å². The summed E-state index contributed by atoms with van der Waals surface area (Å²) < 4.78 is 14.3. The fraction of sp³-hybridized carbons (Fsp3) is 0.258. The lowest BCUT2D eigenvalue weighted by Crippen LogP contribution is -2.49. The number of nitrogen functional groups attached to an aromatic ring is 1. The minimum absolute atomic E-state index is 0.0757. The molecule has 0 bridgehead atoms. The zero-order chi connectivity index (χ0) is 28.0. The van der Waals surface area contributed by atoms with Crippen molar-refractivity contribution in [3.63, 3.8) is 0 Å². The third-order valence-corrected chi connectivity index (χ3v) is 11.2. The Balaban J connectivity index is 1.46. The highest BCUT2D eigenvalue weighted by Crippen LogP contribution is 2.35. The van der Waals surface area contributed by atoms with Gasteiger partial charge in [-0.2, -0.15) is 10.2 Å². The molecule has 4 atom stereocenters. The summed E-state index contributed by atoms with van der Waals surface area (Å²) in [4.78, 5) is 16.3. The Morgan fingerprint density at radius 2 is 1.40 bits per heavy atom. The number of benzene rings is 3. The summed E-state index contributed by atoms with van der Waals surface area (Å²) >= 11 is 0. The molecule has 0 unspecified atom stereocenters. The molecule has 1 aliphatic heterocycles. The molecule has 2 heterocycles. The van der Waals surface area contributed by atoms with Crippen LogP contribution in [0, 0.1) is 17.2 Å². The molecule has 9 heteroatoms. The van der Waals surface area contributed by atoms with Crippen molar-refractivity contribution in [2.24, 2.45) is 5.92 Å². The third-order valence-electron chi connectivity index (χ3n) is 7.31. The zero-order valence-electron chi connectivity index (χ0n) is 22.0. The van der Waals surface area contributed by atoms with Gasteiger partial charge in [0.05, 0.1) is 12.7 Å². The molecule has 0 spiro atoms. The number of anilines is 1. The molecular formula is C31H32N4O4Si. The average molecular weight is 553 g/mol. The first-order valence-corrected chi connectivity index (χ1v) is 15.8. The summed E-state index contributed by atoms with van der Waals surface area (Å²) in [5.74, 6) is -0.892. The summed E-state index contributed by atoms with van der Waals surface area (Å²) in [7, 11) is -2.64. The molecular weight excluding hydrogens is 520 g/mol. The molecule has 0 amide bonds. The second kappa shape index (κ2) is 12.4. The normalized spacial score (nSPS) is 20.7. The monoisotopic (exact) mass is 552 g/mol.